The molecule has 0 aliphatic carbocycles. The first-order valence-corrected chi connectivity index (χ1v) is 8.36. The Balaban J connectivity index is 1.68. The Hall–Kier alpha value is -2.33. The van der Waals surface area contributed by atoms with E-state index in [0.717, 1.165) is 17.9 Å². The summed E-state index contributed by atoms with van der Waals surface area (Å²) in [7, 11) is 4.26. The smallest absolute Gasteiger partial charge is 0.223 e. The number of quaternary nitrogens is 1. The Bertz CT molecular complexity index is 634. The Kier molecular flexibility index (Phi) is 6.82. The van der Waals surface area contributed by atoms with Crippen molar-refractivity contribution in [3.8, 4) is 5.75 Å². The van der Waals surface area contributed by atoms with Gasteiger partial charge < -0.3 is 15.0 Å². The molecule has 0 bridgehead atoms. The maximum absolute atomic E-state index is 11.9. The minimum Gasteiger partial charge on any atom is -0.493 e. The molecule has 4 heteroatoms. The lowest BCUT2D eigenvalue weighted by Crippen LogP contribution is -3.04. The third kappa shape index (κ3) is 6.42. The fourth-order valence-corrected chi connectivity index (χ4v) is 2.37. The van der Waals surface area contributed by atoms with Crippen LogP contribution < -0.4 is 15.0 Å². The van der Waals surface area contributed by atoms with Gasteiger partial charge in [-0.25, -0.2) is 0 Å². The molecule has 0 unspecified atom stereocenters. The van der Waals surface area contributed by atoms with E-state index in [1.165, 1.54) is 16.0 Å². The molecular formula is C20H27N2O2+. The number of nitrogens with one attached hydrogen (secondary N) is 2. The lowest BCUT2D eigenvalue weighted by atomic mass is 10.1. The molecule has 2 rings (SSSR count). The highest BCUT2D eigenvalue weighted by Gasteiger charge is 2.03. The SMILES string of the molecule is Cc1ccc(OCCC(=O)NCc2ccc(C[NH+](C)C)cc2)cc1. The maximum atomic E-state index is 11.9. The molecular weight excluding hydrogens is 300 g/mol. The lowest BCUT2D eigenvalue weighted by molar-refractivity contribution is -0.872. The first-order valence-electron chi connectivity index (χ1n) is 8.36. The molecule has 0 aromatic heterocycles. The van der Waals surface area contributed by atoms with Crippen LogP contribution in [-0.4, -0.2) is 26.6 Å². The fraction of sp³-hybridized carbons (Fsp3) is 0.350. The monoisotopic (exact) mass is 327 g/mol. The van der Waals surface area contributed by atoms with Gasteiger partial charge in [0.25, 0.3) is 0 Å². The predicted octanol–water partition coefficient (Wildman–Crippen LogP) is 1.72. The molecule has 2 aromatic carbocycles. The van der Waals surface area contributed by atoms with Crippen molar-refractivity contribution in [1.29, 1.82) is 0 Å². The van der Waals surface area contributed by atoms with Crippen molar-refractivity contribution in [2.45, 2.75) is 26.4 Å². The van der Waals surface area contributed by atoms with Gasteiger partial charge in [-0.05, 0) is 24.6 Å². The number of carbonyl (C=O) groups excluding carboxylic acids is 1. The number of hydrogen-bond donors (Lipinski definition) is 2. The van der Waals surface area contributed by atoms with Gasteiger partial charge in [-0.2, -0.15) is 0 Å². The van der Waals surface area contributed by atoms with E-state index >= 15 is 0 Å². The molecule has 24 heavy (non-hydrogen) atoms. The summed E-state index contributed by atoms with van der Waals surface area (Å²) >= 11 is 0. The Morgan fingerprint density at radius 2 is 1.62 bits per heavy atom. The number of hydrogen-bond acceptors (Lipinski definition) is 2. The Morgan fingerprint density at radius 1 is 1.00 bits per heavy atom. The molecule has 0 heterocycles. The van der Waals surface area contributed by atoms with Crippen LogP contribution in [0.1, 0.15) is 23.1 Å². The van der Waals surface area contributed by atoms with Crippen molar-refractivity contribution in [1.82, 2.24) is 5.32 Å². The van der Waals surface area contributed by atoms with Crippen LogP contribution in [0.3, 0.4) is 0 Å². The summed E-state index contributed by atoms with van der Waals surface area (Å²) in [6.07, 6.45) is 0.357. The highest BCUT2D eigenvalue weighted by molar-refractivity contribution is 5.75. The first-order chi connectivity index (χ1) is 11.5. The molecule has 0 aliphatic rings. The first kappa shape index (κ1) is 18.0. The van der Waals surface area contributed by atoms with E-state index in [1.54, 1.807) is 0 Å². The molecule has 0 spiro atoms. The van der Waals surface area contributed by atoms with E-state index in [4.69, 9.17) is 4.74 Å². The summed E-state index contributed by atoms with van der Waals surface area (Å²) in [6, 6.07) is 16.2. The molecule has 0 saturated carbocycles. The van der Waals surface area contributed by atoms with Crippen molar-refractivity contribution < 1.29 is 14.4 Å². The number of carbonyl (C=O) groups is 1. The average molecular weight is 327 g/mol. The second kappa shape index (κ2) is 9.08. The highest BCUT2D eigenvalue weighted by Crippen LogP contribution is 2.11. The zero-order valence-corrected chi connectivity index (χ0v) is 14.8. The summed E-state index contributed by atoms with van der Waals surface area (Å²) < 4.78 is 5.57. The molecule has 0 aliphatic heterocycles. The topological polar surface area (TPSA) is 42.8 Å². The Labute approximate surface area is 144 Å². The van der Waals surface area contributed by atoms with Crippen LogP contribution in [-0.2, 0) is 17.9 Å². The summed E-state index contributed by atoms with van der Waals surface area (Å²) in [5.74, 6) is 0.802. The van der Waals surface area contributed by atoms with Crippen molar-refractivity contribution in [2.75, 3.05) is 20.7 Å². The van der Waals surface area contributed by atoms with Gasteiger partial charge in [0.15, 0.2) is 0 Å². The van der Waals surface area contributed by atoms with Crippen LogP contribution in [0.2, 0.25) is 0 Å². The second-order valence-electron chi connectivity index (χ2n) is 6.39. The molecule has 0 fully saturated rings. The minimum absolute atomic E-state index is 0.00363. The normalized spacial score (nSPS) is 10.7. The summed E-state index contributed by atoms with van der Waals surface area (Å²) in [4.78, 5) is 13.3. The third-order valence-corrected chi connectivity index (χ3v) is 3.69. The molecule has 4 nitrogen and oxygen atoms in total. The summed E-state index contributed by atoms with van der Waals surface area (Å²) in [5, 5.41) is 2.93. The number of rotatable bonds is 8. The third-order valence-electron chi connectivity index (χ3n) is 3.69. The van der Waals surface area contributed by atoms with Crippen molar-refractivity contribution in [2.24, 2.45) is 0 Å². The summed E-state index contributed by atoms with van der Waals surface area (Å²) in [5.41, 5.74) is 3.61. The van der Waals surface area contributed by atoms with Gasteiger partial charge in [-0.3, -0.25) is 4.79 Å². The highest BCUT2D eigenvalue weighted by atomic mass is 16.5. The van der Waals surface area contributed by atoms with Gasteiger partial charge in [0.05, 0.1) is 27.1 Å². The second-order valence-corrected chi connectivity index (χ2v) is 6.39. The fourth-order valence-electron chi connectivity index (χ4n) is 2.37. The summed E-state index contributed by atoms with van der Waals surface area (Å²) in [6.45, 7) is 3.98. The Morgan fingerprint density at radius 3 is 2.25 bits per heavy atom. The zero-order valence-electron chi connectivity index (χ0n) is 14.8. The number of amides is 1. The van der Waals surface area contributed by atoms with Crippen LogP contribution >= 0.6 is 0 Å². The van der Waals surface area contributed by atoms with E-state index in [9.17, 15) is 4.79 Å². The molecule has 1 amide bonds. The quantitative estimate of drug-likeness (QED) is 0.775. The van der Waals surface area contributed by atoms with Gasteiger partial charge in [0, 0.05) is 12.1 Å². The van der Waals surface area contributed by atoms with Crippen LogP contribution in [0.15, 0.2) is 48.5 Å². The van der Waals surface area contributed by atoms with Gasteiger partial charge in [-0.15, -0.1) is 0 Å². The molecule has 0 saturated heterocycles. The van der Waals surface area contributed by atoms with Crippen LogP contribution in [0, 0.1) is 6.92 Å². The lowest BCUT2D eigenvalue weighted by Gasteiger charge is -2.09. The number of benzene rings is 2. The number of ether oxygens (including phenoxy) is 1. The van der Waals surface area contributed by atoms with Crippen molar-refractivity contribution in [3.05, 3.63) is 65.2 Å². The van der Waals surface area contributed by atoms with Crippen LogP contribution in [0.4, 0.5) is 0 Å². The van der Waals surface area contributed by atoms with E-state index in [2.05, 4.69) is 43.7 Å². The molecule has 2 N–H and O–H groups in total. The van der Waals surface area contributed by atoms with Gasteiger partial charge in [0.1, 0.15) is 12.3 Å². The van der Waals surface area contributed by atoms with Gasteiger partial charge in [0.2, 0.25) is 5.91 Å². The molecule has 0 radical (unpaired) electrons. The van der Waals surface area contributed by atoms with E-state index in [0.29, 0.717) is 19.6 Å². The predicted molar refractivity (Wildman–Crippen MR) is 96.1 cm³/mol. The number of aryl methyl sites for hydroxylation is 1. The average Bonchev–Trinajstić information content (AvgIpc) is 2.55. The van der Waals surface area contributed by atoms with E-state index in [1.807, 2.05) is 31.2 Å². The van der Waals surface area contributed by atoms with Gasteiger partial charge in [-0.1, -0.05) is 42.0 Å². The standard InChI is InChI=1S/C20H26N2O2/c1-16-4-10-19(11-5-16)24-13-12-20(23)21-14-17-6-8-18(9-7-17)15-22(2)3/h4-11H,12-15H2,1-3H3,(H,21,23)/p+1. The molecule has 2 aromatic rings. The minimum atomic E-state index is 0.00363. The zero-order chi connectivity index (χ0) is 17.4. The van der Waals surface area contributed by atoms with E-state index < -0.39 is 0 Å². The molecule has 0 atom stereocenters. The van der Waals surface area contributed by atoms with Crippen LogP contribution in [0.25, 0.3) is 0 Å². The maximum Gasteiger partial charge on any atom is 0.223 e. The molecule has 128 valence electrons. The van der Waals surface area contributed by atoms with Crippen molar-refractivity contribution in [3.63, 3.8) is 0 Å². The van der Waals surface area contributed by atoms with E-state index in [-0.39, 0.29) is 5.91 Å². The van der Waals surface area contributed by atoms with Crippen LogP contribution in [0.5, 0.6) is 5.75 Å². The van der Waals surface area contributed by atoms with Gasteiger partial charge >= 0.3 is 0 Å². The van der Waals surface area contributed by atoms with Crippen molar-refractivity contribution >= 4 is 5.91 Å². The largest absolute Gasteiger partial charge is 0.493 e.